The van der Waals surface area contributed by atoms with Crippen molar-refractivity contribution in [1.82, 2.24) is 0 Å². The minimum atomic E-state index is -5.30. The second-order valence-electron chi connectivity index (χ2n) is 7.42. The van der Waals surface area contributed by atoms with E-state index in [2.05, 4.69) is 5.92 Å². The Labute approximate surface area is 159 Å². The third-order valence-electron chi connectivity index (χ3n) is 3.73. The number of amides is 1. The summed E-state index contributed by atoms with van der Waals surface area (Å²) in [5.74, 6) is 2.51. The highest BCUT2D eigenvalue weighted by Gasteiger charge is 2.56. The lowest BCUT2D eigenvalue weighted by atomic mass is 9.90. The van der Waals surface area contributed by atoms with E-state index in [0.717, 1.165) is 0 Å². The molecular weight excluding hydrogens is 382 g/mol. The topological polar surface area (TPSA) is 75.6 Å². The van der Waals surface area contributed by atoms with Gasteiger partial charge in [0.05, 0.1) is 11.3 Å². The van der Waals surface area contributed by atoms with Crippen LogP contribution in [0.3, 0.4) is 0 Å². The molecule has 1 amide bonds. The van der Waals surface area contributed by atoms with Crippen LogP contribution < -0.4 is 5.32 Å². The van der Waals surface area contributed by atoms with Gasteiger partial charge in [-0.2, -0.15) is 13.2 Å². The van der Waals surface area contributed by atoms with E-state index in [9.17, 15) is 32.3 Å². The molecular formula is C19H19F4NO4. The van der Waals surface area contributed by atoms with E-state index in [1.807, 2.05) is 5.32 Å². The van der Waals surface area contributed by atoms with Gasteiger partial charge in [0.2, 0.25) is 5.60 Å². The summed E-state index contributed by atoms with van der Waals surface area (Å²) in [5, 5.41) is 12.4. The van der Waals surface area contributed by atoms with Crippen LogP contribution in [0, 0.1) is 23.6 Å². The number of alkyl halides is 3. The van der Waals surface area contributed by atoms with Crippen molar-refractivity contribution in [3.8, 4) is 11.8 Å². The van der Waals surface area contributed by atoms with Crippen molar-refractivity contribution in [1.29, 1.82) is 0 Å². The molecule has 1 saturated carbocycles. The summed E-state index contributed by atoms with van der Waals surface area (Å²) in [6.45, 7) is 4.59. The highest BCUT2D eigenvalue weighted by molar-refractivity contribution is 5.89. The molecule has 152 valence electrons. The summed E-state index contributed by atoms with van der Waals surface area (Å²) < 4.78 is 60.1. The number of nitrogens with one attached hydrogen (secondary N) is 1. The second-order valence-corrected chi connectivity index (χ2v) is 7.42. The van der Waals surface area contributed by atoms with Gasteiger partial charge in [-0.15, -0.1) is 0 Å². The summed E-state index contributed by atoms with van der Waals surface area (Å²) in [5.41, 5.74) is -6.99. The van der Waals surface area contributed by atoms with Crippen LogP contribution >= 0.6 is 0 Å². The predicted molar refractivity (Wildman–Crippen MR) is 92.1 cm³/mol. The predicted octanol–water partition coefficient (Wildman–Crippen LogP) is 4.15. The van der Waals surface area contributed by atoms with Crippen LogP contribution in [0.2, 0.25) is 0 Å². The van der Waals surface area contributed by atoms with Crippen LogP contribution in [0.4, 0.5) is 28.0 Å². The summed E-state index contributed by atoms with van der Waals surface area (Å²) in [7, 11) is 0. The highest BCUT2D eigenvalue weighted by atomic mass is 19.4. The molecule has 1 aromatic carbocycles. The van der Waals surface area contributed by atoms with Crippen molar-refractivity contribution in [3.05, 3.63) is 29.1 Å². The van der Waals surface area contributed by atoms with Crippen molar-refractivity contribution in [2.75, 3.05) is 5.32 Å². The molecule has 5 nitrogen and oxygen atoms in total. The molecule has 1 aromatic rings. The normalized spacial score (nSPS) is 16.4. The summed E-state index contributed by atoms with van der Waals surface area (Å²) in [4.78, 5) is 23.0. The molecule has 1 aliphatic rings. The number of halogens is 4. The van der Waals surface area contributed by atoms with Crippen molar-refractivity contribution in [2.45, 2.75) is 51.0 Å². The fourth-order valence-electron chi connectivity index (χ4n) is 2.22. The fraction of sp³-hybridized carbons (Fsp3) is 0.474. The van der Waals surface area contributed by atoms with E-state index in [0.29, 0.717) is 25.0 Å². The molecule has 0 heterocycles. The summed E-state index contributed by atoms with van der Waals surface area (Å²) in [6, 6.07) is 1.03. The first-order valence-corrected chi connectivity index (χ1v) is 8.38. The minimum Gasteiger partial charge on any atom is -0.444 e. The third kappa shape index (κ3) is 5.01. The van der Waals surface area contributed by atoms with Gasteiger partial charge in [0.25, 0.3) is 0 Å². The average Bonchev–Trinajstić information content (AvgIpc) is 3.35. The lowest BCUT2D eigenvalue weighted by Crippen LogP contribution is -2.42. The van der Waals surface area contributed by atoms with Crippen LogP contribution in [0.15, 0.2) is 12.1 Å². The minimum absolute atomic E-state index is 0.0713. The molecule has 1 unspecified atom stereocenters. The second kappa shape index (κ2) is 7.43. The van der Waals surface area contributed by atoms with Gasteiger partial charge in [-0.25, -0.2) is 9.18 Å². The number of anilines is 1. The molecule has 0 radical (unpaired) electrons. The molecule has 0 spiro atoms. The first-order valence-electron chi connectivity index (χ1n) is 8.38. The Morgan fingerprint density at radius 2 is 1.89 bits per heavy atom. The molecule has 1 fully saturated rings. The number of aliphatic hydroxyl groups is 1. The van der Waals surface area contributed by atoms with Gasteiger partial charge in [-0.1, -0.05) is 11.8 Å². The van der Waals surface area contributed by atoms with Crippen LogP contribution in [0.5, 0.6) is 0 Å². The van der Waals surface area contributed by atoms with E-state index >= 15 is 0 Å². The van der Waals surface area contributed by atoms with Gasteiger partial charge in [-0.05, 0) is 45.7 Å². The number of hydrogen-bond acceptors (Lipinski definition) is 4. The monoisotopic (exact) mass is 401 g/mol. The molecule has 1 atom stereocenters. The maximum Gasteiger partial charge on any atom is 0.433 e. The van der Waals surface area contributed by atoms with Crippen LogP contribution in [-0.2, 0) is 10.3 Å². The molecule has 0 aromatic heterocycles. The standard InChI is InChI=1S/C19H19F4NO4/c1-17(2,3)28-16(26)24-15-8-12(10-25)14(20)9-13(15)18(27,19(21,22)23)7-6-11-4-5-11/h8-11,27H,4-5H2,1-3H3,(H,24,26). The smallest absolute Gasteiger partial charge is 0.433 e. The van der Waals surface area contributed by atoms with Gasteiger partial charge < -0.3 is 9.84 Å². The number of benzene rings is 1. The number of ether oxygens (including phenoxy) is 1. The summed E-state index contributed by atoms with van der Waals surface area (Å²) in [6.07, 6.45) is -5.17. The van der Waals surface area contributed by atoms with E-state index in [4.69, 9.17) is 4.74 Å². The van der Waals surface area contributed by atoms with Crippen molar-refractivity contribution in [2.24, 2.45) is 5.92 Å². The Bertz CT molecular complexity index is 844. The number of aldehydes is 1. The maximum atomic E-state index is 14.1. The zero-order valence-corrected chi connectivity index (χ0v) is 15.4. The Hall–Kier alpha value is -2.60. The van der Waals surface area contributed by atoms with E-state index in [-0.39, 0.29) is 12.2 Å². The van der Waals surface area contributed by atoms with Crippen LogP contribution in [0.25, 0.3) is 0 Å². The van der Waals surface area contributed by atoms with Gasteiger partial charge in [0.15, 0.2) is 6.29 Å². The van der Waals surface area contributed by atoms with Gasteiger partial charge >= 0.3 is 12.3 Å². The fourth-order valence-corrected chi connectivity index (χ4v) is 2.22. The molecule has 1 aliphatic carbocycles. The molecule has 28 heavy (non-hydrogen) atoms. The number of hydrogen-bond donors (Lipinski definition) is 2. The molecule has 0 aliphatic heterocycles. The van der Waals surface area contributed by atoms with E-state index in [1.54, 1.807) is 5.92 Å². The Morgan fingerprint density at radius 3 is 2.36 bits per heavy atom. The van der Waals surface area contributed by atoms with E-state index in [1.165, 1.54) is 20.8 Å². The average molecular weight is 401 g/mol. The zero-order valence-electron chi connectivity index (χ0n) is 15.4. The Balaban J connectivity index is 2.59. The number of carbonyl (C=O) groups excluding carboxylic acids is 2. The maximum absolute atomic E-state index is 14.1. The number of carbonyl (C=O) groups is 2. The van der Waals surface area contributed by atoms with Crippen molar-refractivity contribution >= 4 is 18.1 Å². The van der Waals surface area contributed by atoms with Crippen molar-refractivity contribution in [3.63, 3.8) is 0 Å². The van der Waals surface area contributed by atoms with Crippen LogP contribution in [-0.4, -0.2) is 29.3 Å². The van der Waals surface area contributed by atoms with Crippen LogP contribution in [0.1, 0.15) is 49.5 Å². The first kappa shape index (κ1) is 21.7. The molecule has 2 rings (SSSR count). The lowest BCUT2D eigenvalue weighted by Gasteiger charge is -2.28. The van der Waals surface area contributed by atoms with E-state index < -0.39 is 46.1 Å². The Morgan fingerprint density at radius 1 is 1.29 bits per heavy atom. The molecule has 0 saturated heterocycles. The lowest BCUT2D eigenvalue weighted by molar-refractivity contribution is -0.240. The molecule has 9 heteroatoms. The van der Waals surface area contributed by atoms with Gasteiger partial charge in [0, 0.05) is 11.5 Å². The van der Waals surface area contributed by atoms with Crippen molar-refractivity contribution < 1.29 is 37.0 Å². The summed E-state index contributed by atoms with van der Waals surface area (Å²) >= 11 is 0. The highest BCUT2D eigenvalue weighted by Crippen LogP contribution is 2.43. The number of rotatable bonds is 3. The quantitative estimate of drug-likeness (QED) is 0.453. The molecule has 0 bridgehead atoms. The zero-order chi connectivity index (χ0) is 21.3. The SMILES string of the molecule is CC(C)(C)OC(=O)Nc1cc(C=O)c(F)cc1C(O)(C#CC1CC1)C(F)(F)F. The largest absolute Gasteiger partial charge is 0.444 e. The van der Waals surface area contributed by atoms with Gasteiger partial charge in [-0.3, -0.25) is 10.1 Å². The van der Waals surface area contributed by atoms with Gasteiger partial charge in [0.1, 0.15) is 11.4 Å². The third-order valence-corrected chi connectivity index (χ3v) is 3.73. The molecule has 2 N–H and O–H groups in total. The Kier molecular flexibility index (Phi) is 5.76. The first-order chi connectivity index (χ1) is 12.8.